The minimum absolute atomic E-state index is 0.738. The van der Waals surface area contributed by atoms with Crippen LogP contribution in [-0.2, 0) is 0 Å². The minimum atomic E-state index is 0.738. The normalized spacial score (nSPS) is 22.7. The molecule has 2 aliphatic rings. The fourth-order valence-electron chi connectivity index (χ4n) is 1.53. The molecule has 0 aliphatic heterocycles. The summed E-state index contributed by atoms with van der Waals surface area (Å²) < 4.78 is 0. The Hall–Kier alpha value is -0.920. The van der Waals surface area contributed by atoms with E-state index >= 15 is 0 Å². The molecule has 0 unspecified atom stereocenters. The van der Waals surface area contributed by atoms with E-state index in [0.29, 0.717) is 0 Å². The van der Waals surface area contributed by atoms with Gasteiger partial charge in [-0.15, -0.1) is 0 Å². The zero-order valence-corrected chi connectivity index (χ0v) is 6.95. The average molecular weight is 159 g/mol. The molecule has 2 aliphatic carbocycles. The van der Waals surface area contributed by atoms with Gasteiger partial charge in [-0.3, -0.25) is 0 Å². The smallest absolute Gasteiger partial charge is 0.198 e. The fourth-order valence-corrected chi connectivity index (χ4v) is 1.53. The van der Waals surface area contributed by atoms with Gasteiger partial charge in [-0.05, 0) is 31.7 Å². The first-order valence-electron chi connectivity index (χ1n) is 4.68. The first-order chi connectivity index (χ1) is 5.93. The Morgan fingerprint density at radius 3 is 1.92 bits per heavy atom. The van der Waals surface area contributed by atoms with Crippen molar-refractivity contribution in [3.8, 4) is 0 Å². The highest BCUT2D eigenvalue weighted by molar-refractivity contribution is 5.21. The fraction of sp³-hybridized carbons (Fsp3) is 0.600. The minimum Gasteiger partial charge on any atom is -0.230 e. The van der Waals surface area contributed by atoms with Crippen molar-refractivity contribution in [1.82, 2.24) is 9.97 Å². The molecular weight excluding hydrogens is 148 g/mol. The highest BCUT2D eigenvalue weighted by atomic mass is 14.9. The summed E-state index contributed by atoms with van der Waals surface area (Å²) in [5.74, 6) is 1.48. The third kappa shape index (κ3) is 1.11. The quantitative estimate of drug-likeness (QED) is 0.659. The molecular formula is C10H11N2. The van der Waals surface area contributed by atoms with E-state index in [-0.39, 0.29) is 0 Å². The zero-order chi connectivity index (χ0) is 7.97. The van der Waals surface area contributed by atoms with Crippen molar-refractivity contribution in [3.05, 3.63) is 23.8 Å². The molecule has 2 fully saturated rings. The van der Waals surface area contributed by atoms with Gasteiger partial charge in [0.25, 0.3) is 0 Å². The van der Waals surface area contributed by atoms with E-state index in [0.717, 1.165) is 11.8 Å². The summed E-state index contributed by atoms with van der Waals surface area (Å²) in [5.41, 5.74) is 2.46. The van der Waals surface area contributed by atoms with Crippen LogP contribution >= 0.6 is 0 Å². The van der Waals surface area contributed by atoms with Gasteiger partial charge in [-0.1, -0.05) is 0 Å². The number of aromatic nitrogens is 2. The summed E-state index contributed by atoms with van der Waals surface area (Å²) in [5, 5.41) is 0. The van der Waals surface area contributed by atoms with E-state index in [1.807, 2.05) is 0 Å². The molecule has 12 heavy (non-hydrogen) atoms. The molecule has 1 aromatic heterocycles. The molecule has 0 amide bonds. The molecule has 0 bridgehead atoms. The molecule has 0 aromatic carbocycles. The number of nitrogens with zero attached hydrogens (tertiary/aromatic N) is 2. The second kappa shape index (κ2) is 2.28. The van der Waals surface area contributed by atoms with Gasteiger partial charge in [-0.25, -0.2) is 9.97 Å². The van der Waals surface area contributed by atoms with Crippen LogP contribution in [0.2, 0.25) is 0 Å². The van der Waals surface area contributed by atoms with Gasteiger partial charge in [0.1, 0.15) is 0 Å². The molecule has 0 N–H and O–H groups in total. The van der Waals surface area contributed by atoms with E-state index in [2.05, 4.69) is 22.4 Å². The van der Waals surface area contributed by atoms with Gasteiger partial charge < -0.3 is 0 Å². The second-order valence-electron chi connectivity index (χ2n) is 3.87. The maximum absolute atomic E-state index is 4.18. The van der Waals surface area contributed by atoms with Crippen LogP contribution in [0.3, 0.4) is 0 Å². The van der Waals surface area contributed by atoms with E-state index in [1.54, 1.807) is 0 Å². The molecule has 1 radical (unpaired) electrons. The molecule has 1 aromatic rings. The topological polar surface area (TPSA) is 25.8 Å². The van der Waals surface area contributed by atoms with Crippen LogP contribution < -0.4 is 0 Å². The monoisotopic (exact) mass is 159 g/mol. The summed E-state index contributed by atoms with van der Waals surface area (Å²) in [4.78, 5) is 8.35. The first-order valence-corrected chi connectivity index (χ1v) is 4.68. The van der Waals surface area contributed by atoms with Crippen LogP contribution in [0.4, 0.5) is 0 Å². The van der Waals surface area contributed by atoms with E-state index in [1.165, 1.54) is 37.1 Å². The Labute approximate surface area is 72.0 Å². The van der Waals surface area contributed by atoms with Crippen molar-refractivity contribution in [3.63, 3.8) is 0 Å². The van der Waals surface area contributed by atoms with Crippen LogP contribution in [0.25, 0.3) is 0 Å². The predicted octanol–water partition coefficient (Wildman–Crippen LogP) is 2.03. The SMILES string of the molecule is [c]1nc(C2CC2)cc(C2CC2)n1. The van der Waals surface area contributed by atoms with Crippen molar-refractivity contribution in [1.29, 1.82) is 0 Å². The summed E-state index contributed by atoms with van der Waals surface area (Å²) >= 11 is 0. The van der Waals surface area contributed by atoms with Crippen LogP contribution in [-0.4, -0.2) is 9.97 Å². The Morgan fingerprint density at radius 2 is 1.50 bits per heavy atom. The summed E-state index contributed by atoms with van der Waals surface area (Å²) in [6.07, 6.45) is 8.03. The summed E-state index contributed by atoms with van der Waals surface area (Å²) in [7, 11) is 0. The zero-order valence-electron chi connectivity index (χ0n) is 6.95. The van der Waals surface area contributed by atoms with Crippen LogP contribution in [0, 0.1) is 6.33 Å². The maximum atomic E-state index is 4.18. The molecule has 61 valence electrons. The van der Waals surface area contributed by atoms with E-state index in [4.69, 9.17) is 0 Å². The van der Waals surface area contributed by atoms with Crippen molar-refractivity contribution < 1.29 is 0 Å². The number of hydrogen-bond donors (Lipinski definition) is 0. The summed E-state index contributed by atoms with van der Waals surface area (Å²) in [6, 6.07) is 2.19. The van der Waals surface area contributed by atoms with E-state index in [9.17, 15) is 0 Å². The van der Waals surface area contributed by atoms with Crippen LogP contribution in [0.5, 0.6) is 0 Å². The number of hydrogen-bond acceptors (Lipinski definition) is 2. The Balaban J connectivity index is 1.93. The van der Waals surface area contributed by atoms with Gasteiger partial charge >= 0.3 is 0 Å². The van der Waals surface area contributed by atoms with Crippen molar-refractivity contribution in [2.45, 2.75) is 37.5 Å². The van der Waals surface area contributed by atoms with Gasteiger partial charge in [0.2, 0.25) is 0 Å². The molecule has 0 saturated heterocycles. The predicted molar refractivity (Wildman–Crippen MR) is 44.8 cm³/mol. The van der Waals surface area contributed by atoms with E-state index < -0.39 is 0 Å². The van der Waals surface area contributed by atoms with Gasteiger partial charge in [0.15, 0.2) is 6.33 Å². The second-order valence-corrected chi connectivity index (χ2v) is 3.87. The van der Waals surface area contributed by atoms with Crippen LogP contribution in [0.15, 0.2) is 6.07 Å². The highest BCUT2D eigenvalue weighted by Crippen LogP contribution is 2.42. The molecule has 0 atom stereocenters. The number of rotatable bonds is 2. The molecule has 1 heterocycles. The Bertz CT molecular complexity index is 273. The van der Waals surface area contributed by atoms with Gasteiger partial charge in [0, 0.05) is 23.2 Å². The van der Waals surface area contributed by atoms with Crippen molar-refractivity contribution in [2.24, 2.45) is 0 Å². The molecule has 2 nitrogen and oxygen atoms in total. The lowest BCUT2D eigenvalue weighted by Gasteiger charge is -1.98. The largest absolute Gasteiger partial charge is 0.230 e. The van der Waals surface area contributed by atoms with Crippen LogP contribution in [0.1, 0.15) is 48.9 Å². The first kappa shape index (κ1) is 6.58. The molecule has 2 heteroatoms. The highest BCUT2D eigenvalue weighted by Gasteiger charge is 2.29. The standard InChI is InChI=1S/C10H11N2/c1-2-7(1)9-5-10(8-3-4-8)12-6-11-9/h5,7-8H,1-4H2. The van der Waals surface area contributed by atoms with Crippen molar-refractivity contribution in [2.75, 3.05) is 0 Å². The molecule has 0 spiro atoms. The third-order valence-electron chi connectivity index (χ3n) is 2.65. The lowest BCUT2D eigenvalue weighted by atomic mass is 10.2. The summed E-state index contributed by atoms with van der Waals surface area (Å²) in [6.45, 7) is 0. The van der Waals surface area contributed by atoms with Gasteiger partial charge in [-0.2, -0.15) is 0 Å². The van der Waals surface area contributed by atoms with Crippen molar-refractivity contribution >= 4 is 0 Å². The third-order valence-corrected chi connectivity index (χ3v) is 2.65. The van der Waals surface area contributed by atoms with Gasteiger partial charge in [0.05, 0.1) is 0 Å². The molecule has 2 saturated carbocycles. The maximum Gasteiger partial charge on any atom is 0.198 e. The Kier molecular flexibility index (Phi) is 1.25. The molecule has 3 rings (SSSR count). The lowest BCUT2D eigenvalue weighted by Crippen LogP contribution is -1.93. The Morgan fingerprint density at radius 1 is 1.00 bits per heavy atom. The average Bonchev–Trinajstić information content (AvgIpc) is 2.98. The lowest BCUT2D eigenvalue weighted by molar-refractivity contribution is 0.915.